The van der Waals surface area contributed by atoms with Crippen LogP contribution in [0.15, 0.2) is 48.9 Å². The summed E-state index contributed by atoms with van der Waals surface area (Å²) in [5.74, 6) is 1.05. The van der Waals surface area contributed by atoms with Crippen molar-refractivity contribution in [3.63, 3.8) is 0 Å². The van der Waals surface area contributed by atoms with Gasteiger partial charge in [0.2, 0.25) is 5.88 Å². The minimum atomic E-state index is -0.985. The highest BCUT2D eigenvalue weighted by Gasteiger charge is 2.47. The second-order valence-corrected chi connectivity index (χ2v) is 10.7. The number of hydrogen-bond donors (Lipinski definition) is 2. The Bertz CT molecular complexity index is 1520. The number of ether oxygens (including phenoxy) is 2. The first-order valence-electron chi connectivity index (χ1n) is 12.9. The van der Waals surface area contributed by atoms with E-state index in [1.165, 1.54) is 0 Å². The lowest BCUT2D eigenvalue weighted by atomic mass is 9.81. The predicted molar refractivity (Wildman–Crippen MR) is 142 cm³/mol. The summed E-state index contributed by atoms with van der Waals surface area (Å²) in [6.45, 7) is 5.11. The Balaban J connectivity index is 1.25. The molecule has 2 fully saturated rings. The Hall–Kier alpha value is -4.11. The highest BCUT2D eigenvalue weighted by molar-refractivity contribution is 5.85. The van der Waals surface area contributed by atoms with Crippen LogP contribution in [-0.2, 0) is 6.54 Å². The van der Waals surface area contributed by atoms with Gasteiger partial charge in [-0.15, -0.1) is 5.10 Å². The first-order chi connectivity index (χ1) is 18.8. The zero-order valence-electron chi connectivity index (χ0n) is 22.1. The first-order valence-corrected chi connectivity index (χ1v) is 12.9. The maximum atomic E-state index is 10.1. The molecule has 39 heavy (non-hydrogen) atoms. The van der Waals surface area contributed by atoms with E-state index in [0.29, 0.717) is 34.8 Å². The van der Waals surface area contributed by atoms with Crippen LogP contribution >= 0.6 is 0 Å². The Morgan fingerprint density at radius 1 is 1.21 bits per heavy atom. The first kappa shape index (κ1) is 25.2. The Morgan fingerprint density at radius 3 is 2.74 bits per heavy atom. The third kappa shape index (κ3) is 4.90. The van der Waals surface area contributed by atoms with Gasteiger partial charge in [0.25, 0.3) is 0 Å². The fourth-order valence-electron chi connectivity index (χ4n) is 5.37. The van der Waals surface area contributed by atoms with Gasteiger partial charge in [0.15, 0.2) is 0 Å². The molecule has 0 spiro atoms. The number of fused-ring (bicyclic) bond motifs is 3. The number of aromatic nitrogens is 5. The largest absolute Gasteiger partial charge is 0.489 e. The van der Waals surface area contributed by atoms with Crippen LogP contribution < -0.4 is 14.8 Å². The molecule has 2 N–H and O–H groups in total. The molecule has 3 atom stereocenters. The van der Waals surface area contributed by atoms with Crippen molar-refractivity contribution in [2.45, 2.75) is 50.5 Å². The van der Waals surface area contributed by atoms with Crippen LogP contribution in [-0.4, -0.2) is 72.7 Å². The number of pyridine rings is 2. The maximum absolute atomic E-state index is 10.1. The highest BCUT2D eigenvalue weighted by atomic mass is 16.5. The third-order valence-electron chi connectivity index (χ3n) is 7.33. The molecule has 4 aromatic heterocycles. The number of nitrogens with zero attached hydrogens (tertiary/aromatic N) is 7. The molecule has 2 aliphatic heterocycles. The number of aliphatic hydroxyl groups is 1. The number of rotatable bonds is 8. The van der Waals surface area contributed by atoms with Crippen molar-refractivity contribution in [1.82, 2.24) is 35.0 Å². The Labute approximate surface area is 226 Å². The zero-order chi connectivity index (χ0) is 27.1. The highest BCUT2D eigenvalue weighted by Crippen LogP contribution is 2.40. The summed E-state index contributed by atoms with van der Waals surface area (Å²) < 4.78 is 12.6. The summed E-state index contributed by atoms with van der Waals surface area (Å²) >= 11 is 0. The van der Waals surface area contributed by atoms with Crippen molar-refractivity contribution >= 4 is 5.52 Å². The average molecular weight is 527 g/mol. The van der Waals surface area contributed by atoms with Gasteiger partial charge in [0.05, 0.1) is 53.6 Å². The van der Waals surface area contributed by atoms with Gasteiger partial charge in [0.1, 0.15) is 18.4 Å². The summed E-state index contributed by atoms with van der Waals surface area (Å²) in [6, 6.07) is 12.8. The average Bonchev–Trinajstić information content (AvgIpc) is 3.37. The fraction of sp³-hybridized carbons (Fsp3) is 0.393. The summed E-state index contributed by atoms with van der Waals surface area (Å²) in [7, 11) is 1.58. The second-order valence-electron chi connectivity index (χ2n) is 10.7. The number of nitrogens with one attached hydrogen (secondary N) is 1. The normalized spacial score (nSPS) is 20.8. The van der Waals surface area contributed by atoms with Crippen molar-refractivity contribution < 1.29 is 14.6 Å². The maximum Gasteiger partial charge on any atom is 0.233 e. The zero-order valence-corrected chi connectivity index (χ0v) is 22.1. The number of methoxy groups -OCH3 is 1. The molecule has 0 saturated carbocycles. The minimum absolute atomic E-state index is 0.0985. The van der Waals surface area contributed by atoms with Crippen LogP contribution in [0.1, 0.15) is 43.3 Å². The molecule has 0 aliphatic carbocycles. The summed E-state index contributed by atoms with van der Waals surface area (Å²) in [6.07, 6.45) is 6.20. The van der Waals surface area contributed by atoms with Gasteiger partial charge in [-0.1, -0.05) is 6.07 Å². The van der Waals surface area contributed by atoms with Crippen LogP contribution in [0.2, 0.25) is 0 Å². The van der Waals surface area contributed by atoms with E-state index >= 15 is 0 Å². The molecule has 6 heterocycles. The number of piperidine rings is 1. The van der Waals surface area contributed by atoms with E-state index in [1.54, 1.807) is 37.9 Å². The van der Waals surface area contributed by atoms with E-state index in [-0.39, 0.29) is 12.6 Å². The molecule has 0 aromatic carbocycles. The summed E-state index contributed by atoms with van der Waals surface area (Å²) in [5.41, 5.74) is 3.69. The lowest BCUT2D eigenvalue weighted by molar-refractivity contribution is -0.0524. The molecule has 11 nitrogen and oxygen atoms in total. The number of piperazine rings is 1. The minimum Gasteiger partial charge on any atom is -0.489 e. The van der Waals surface area contributed by atoms with Crippen LogP contribution in [0.4, 0.5) is 0 Å². The quantitative estimate of drug-likeness (QED) is 0.353. The van der Waals surface area contributed by atoms with Crippen molar-refractivity contribution in [3.05, 3.63) is 65.9 Å². The lowest BCUT2D eigenvalue weighted by Gasteiger charge is -2.56. The molecular formula is C28H30N8O3. The summed E-state index contributed by atoms with van der Waals surface area (Å²) in [4.78, 5) is 7.32. The monoisotopic (exact) mass is 526 g/mol. The molecule has 0 amide bonds. The predicted octanol–water partition coefficient (Wildman–Crippen LogP) is 2.50. The third-order valence-corrected chi connectivity index (χ3v) is 7.33. The van der Waals surface area contributed by atoms with Crippen LogP contribution in [0.3, 0.4) is 0 Å². The van der Waals surface area contributed by atoms with E-state index in [1.807, 2.05) is 36.5 Å². The SMILES string of the molecule is COc1ccc(CN2C3CNC(c4ccc(-c5cc(OCC(C)(C)O)cn6ncc(C#N)c56)cn4)C2C3)nn1. The van der Waals surface area contributed by atoms with Gasteiger partial charge in [0, 0.05) is 48.6 Å². The van der Waals surface area contributed by atoms with E-state index in [9.17, 15) is 10.4 Å². The van der Waals surface area contributed by atoms with Crippen LogP contribution in [0, 0.1) is 11.3 Å². The molecule has 2 saturated heterocycles. The van der Waals surface area contributed by atoms with Gasteiger partial charge in [-0.3, -0.25) is 9.88 Å². The molecule has 4 aromatic rings. The molecule has 6 rings (SSSR count). The van der Waals surface area contributed by atoms with Crippen molar-refractivity contribution in [1.29, 1.82) is 5.26 Å². The van der Waals surface area contributed by atoms with E-state index < -0.39 is 5.60 Å². The van der Waals surface area contributed by atoms with Crippen LogP contribution in [0.25, 0.3) is 16.6 Å². The molecule has 3 unspecified atom stereocenters. The number of hydrogen-bond acceptors (Lipinski definition) is 10. The standard InChI is InChI=1S/C28H30N8O3/c1-28(2,37)16-39-21-9-22(27-18(10-29)12-32-36(27)15-21)17-4-6-23(30-11-17)26-24-8-20(13-31-26)35(24)14-19-5-7-25(38-3)34-33-19/h4-7,9,11-12,15,20,24,26,31,37H,8,13-14,16H2,1-3H3. The van der Waals surface area contributed by atoms with Gasteiger partial charge in [-0.25, -0.2) is 4.52 Å². The second kappa shape index (κ2) is 9.89. The molecule has 2 aliphatic rings. The smallest absolute Gasteiger partial charge is 0.233 e. The number of nitriles is 1. The van der Waals surface area contributed by atoms with Crippen molar-refractivity contribution in [2.24, 2.45) is 0 Å². The molecule has 0 radical (unpaired) electrons. The molecule has 11 heteroatoms. The Kier molecular flexibility index (Phi) is 6.38. The van der Waals surface area contributed by atoms with Gasteiger partial charge in [-0.05, 0) is 38.5 Å². The van der Waals surface area contributed by atoms with E-state index in [0.717, 1.165) is 42.0 Å². The summed E-state index contributed by atoms with van der Waals surface area (Å²) in [5, 5.41) is 36.2. The molecule has 200 valence electrons. The van der Waals surface area contributed by atoms with Crippen molar-refractivity contribution in [2.75, 3.05) is 20.3 Å². The molecular weight excluding hydrogens is 496 g/mol. The fourth-order valence-corrected chi connectivity index (χ4v) is 5.37. The Morgan fingerprint density at radius 2 is 2.08 bits per heavy atom. The van der Waals surface area contributed by atoms with E-state index in [2.05, 4.69) is 31.6 Å². The van der Waals surface area contributed by atoms with Crippen LogP contribution in [0.5, 0.6) is 11.6 Å². The topological polar surface area (TPSA) is 134 Å². The van der Waals surface area contributed by atoms with Gasteiger partial charge in [-0.2, -0.15) is 15.5 Å². The molecule has 2 bridgehead atoms. The lowest BCUT2D eigenvalue weighted by Crippen LogP contribution is -2.68. The van der Waals surface area contributed by atoms with Crippen molar-refractivity contribution in [3.8, 4) is 28.8 Å². The van der Waals surface area contributed by atoms with E-state index in [4.69, 9.17) is 14.5 Å². The van der Waals surface area contributed by atoms with Gasteiger partial charge < -0.3 is 19.9 Å². The van der Waals surface area contributed by atoms with Gasteiger partial charge >= 0.3 is 0 Å².